The van der Waals surface area contributed by atoms with Gasteiger partial charge in [-0.2, -0.15) is 0 Å². The largest absolute Gasteiger partial charge is 0.354 e. The average Bonchev–Trinajstić information content (AvgIpc) is 2.75. The number of benzene rings is 2. The van der Waals surface area contributed by atoms with E-state index in [1.54, 1.807) is 17.9 Å². The Morgan fingerprint density at radius 3 is 2.37 bits per heavy atom. The summed E-state index contributed by atoms with van der Waals surface area (Å²) in [4.78, 5) is 27.4. The van der Waals surface area contributed by atoms with Gasteiger partial charge in [0.15, 0.2) is 0 Å². The smallest absolute Gasteiger partial charge is 0.242 e. The van der Waals surface area contributed by atoms with Crippen LogP contribution >= 0.6 is 11.6 Å². The Morgan fingerprint density at radius 2 is 1.73 bits per heavy atom. The minimum absolute atomic E-state index is 0.0346. The summed E-state index contributed by atoms with van der Waals surface area (Å²) in [7, 11) is 0. The number of hydrogen-bond donors (Lipinski definition) is 1. The van der Waals surface area contributed by atoms with Gasteiger partial charge in [-0.05, 0) is 55.0 Å². The Bertz CT molecular complexity index is 820. The van der Waals surface area contributed by atoms with Crippen molar-refractivity contribution in [3.05, 3.63) is 70.2 Å². The highest BCUT2D eigenvalue weighted by molar-refractivity contribution is 6.30. The molecule has 0 aliphatic carbocycles. The third-order valence-corrected chi connectivity index (χ3v) is 5.53. The number of amides is 2. The summed E-state index contributed by atoms with van der Waals surface area (Å²) in [5.41, 5.74) is 3.32. The molecule has 0 fully saturated rings. The molecule has 0 unspecified atom stereocenters. The van der Waals surface area contributed by atoms with Gasteiger partial charge in [0, 0.05) is 24.5 Å². The lowest BCUT2D eigenvalue weighted by Crippen LogP contribution is -2.47. The van der Waals surface area contributed by atoms with Crippen molar-refractivity contribution in [1.82, 2.24) is 10.2 Å². The van der Waals surface area contributed by atoms with E-state index in [0.29, 0.717) is 31.0 Å². The van der Waals surface area contributed by atoms with Crippen LogP contribution in [0.5, 0.6) is 0 Å². The molecule has 0 aliphatic rings. The molecule has 0 spiro atoms. The van der Waals surface area contributed by atoms with Gasteiger partial charge >= 0.3 is 0 Å². The van der Waals surface area contributed by atoms with E-state index in [2.05, 4.69) is 43.4 Å². The number of nitrogens with one attached hydrogen (secondary N) is 1. The predicted molar refractivity (Wildman–Crippen MR) is 124 cm³/mol. The Hall–Kier alpha value is -2.33. The highest BCUT2D eigenvalue weighted by Gasteiger charge is 2.25. The van der Waals surface area contributed by atoms with Crippen LogP contribution < -0.4 is 5.32 Å². The minimum atomic E-state index is -0.546. The van der Waals surface area contributed by atoms with Gasteiger partial charge in [-0.1, -0.05) is 68.3 Å². The summed E-state index contributed by atoms with van der Waals surface area (Å²) < 4.78 is 0. The number of nitrogens with zero attached hydrogens (tertiary/aromatic N) is 1. The van der Waals surface area contributed by atoms with Crippen molar-refractivity contribution >= 4 is 23.4 Å². The van der Waals surface area contributed by atoms with Crippen molar-refractivity contribution in [2.24, 2.45) is 0 Å². The zero-order valence-corrected chi connectivity index (χ0v) is 19.0. The molecule has 1 N–H and O–H groups in total. The highest BCUT2D eigenvalue weighted by atomic mass is 35.5. The Morgan fingerprint density at radius 1 is 1.03 bits per heavy atom. The highest BCUT2D eigenvalue weighted by Crippen LogP contribution is 2.16. The summed E-state index contributed by atoms with van der Waals surface area (Å²) in [5.74, 6) is -0.154. The molecule has 4 nitrogen and oxygen atoms in total. The number of aryl methyl sites for hydroxylation is 2. The van der Waals surface area contributed by atoms with Gasteiger partial charge in [0.05, 0.1) is 0 Å². The van der Waals surface area contributed by atoms with Crippen LogP contribution in [0.3, 0.4) is 0 Å². The first-order valence-electron chi connectivity index (χ1n) is 10.8. The van der Waals surface area contributed by atoms with E-state index in [0.717, 1.165) is 30.4 Å². The maximum absolute atomic E-state index is 13.1. The molecular weight excluding hydrogens is 396 g/mol. The fourth-order valence-corrected chi connectivity index (χ4v) is 3.50. The molecular formula is C25H33ClN2O2. The Balaban J connectivity index is 2.09. The second-order valence-electron chi connectivity index (χ2n) is 7.64. The molecule has 2 rings (SSSR count). The molecule has 2 amide bonds. The third-order valence-electron chi connectivity index (χ3n) is 5.30. The van der Waals surface area contributed by atoms with Crippen LogP contribution in [0.2, 0.25) is 5.02 Å². The number of carbonyl (C=O) groups is 2. The minimum Gasteiger partial charge on any atom is -0.354 e. The molecule has 0 saturated carbocycles. The van der Waals surface area contributed by atoms with Crippen molar-refractivity contribution in [2.45, 2.75) is 65.5 Å². The lowest BCUT2D eigenvalue weighted by Gasteiger charge is -2.29. The molecule has 2 aromatic carbocycles. The number of hydrogen-bond acceptors (Lipinski definition) is 2. The van der Waals surface area contributed by atoms with Gasteiger partial charge in [-0.3, -0.25) is 9.59 Å². The van der Waals surface area contributed by atoms with Crippen LogP contribution in [0.25, 0.3) is 0 Å². The SMILES string of the molecule is CCCCNC(=O)[C@H](C)N(Cc1cccc(Cl)c1)C(=O)CCc1ccc(CC)cc1. The second-order valence-corrected chi connectivity index (χ2v) is 8.08. The van der Waals surface area contributed by atoms with Gasteiger partial charge in [0.1, 0.15) is 6.04 Å². The molecule has 5 heteroatoms. The number of halogens is 1. The van der Waals surface area contributed by atoms with E-state index in [1.165, 1.54) is 5.56 Å². The topological polar surface area (TPSA) is 49.4 Å². The maximum atomic E-state index is 13.1. The number of unbranched alkanes of at least 4 members (excludes halogenated alkanes) is 1. The van der Waals surface area contributed by atoms with E-state index in [9.17, 15) is 9.59 Å². The summed E-state index contributed by atoms with van der Waals surface area (Å²) >= 11 is 6.12. The molecule has 0 saturated heterocycles. The first-order valence-corrected chi connectivity index (χ1v) is 11.2. The molecule has 0 bridgehead atoms. The maximum Gasteiger partial charge on any atom is 0.242 e. The van der Waals surface area contributed by atoms with Gasteiger partial charge in [0.2, 0.25) is 11.8 Å². The average molecular weight is 429 g/mol. The quantitative estimate of drug-likeness (QED) is 0.502. The third kappa shape index (κ3) is 7.49. The summed E-state index contributed by atoms with van der Waals surface area (Å²) in [6.45, 7) is 6.98. The molecule has 0 aliphatic heterocycles. The fraction of sp³-hybridized carbons (Fsp3) is 0.440. The zero-order valence-electron chi connectivity index (χ0n) is 18.3. The summed E-state index contributed by atoms with van der Waals surface area (Å²) in [6, 6.07) is 15.3. The monoisotopic (exact) mass is 428 g/mol. The molecule has 0 aromatic heterocycles. The molecule has 1 atom stereocenters. The van der Waals surface area contributed by atoms with E-state index in [4.69, 9.17) is 11.6 Å². The zero-order chi connectivity index (χ0) is 21.9. The van der Waals surface area contributed by atoms with Crippen molar-refractivity contribution in [3.8, 4) is 0 Å². The van der Waals surface area contributed by atoms with Crippen LogP contribution in [-0.2, 0) is 29.0 Å². The summed E-state index contributed by atoms with van der Waals surface area (Å²) in [5, 5.41) is 3.56. The molecule has 2 aromatic rings. The van der Waals surface area contributed by atoms with Crippen molar-refractivity contribution in [1.29, 1.82) is 0 Å². The van der Waals surface area contributed by atoms with Crippen molar-refractivity contribution in [2.75, 3.05) is 6.54 Å². The van der Waals surface area contributed by atoms with Crippen molar-refractivity contribution in [3.63, 3.8) is 0 Å². The van der Waals surface area contributed by atoms with Crippen LogP contribution in [0, 0.1) is 0 Å². The molecule has 30 heavy (non-hydrogen) atoms. The number of rotatable bonds is 11. The first kappa shape index (κ1) is 23.9. The predicted octanol–water partition coefficient (Wildman–Crippen LogP) is 5.17. The lowest BCUT2D eigenvalue weighted by molar-refractivity contribution is -0.140. The van der Waals surface area contributed by atoms with Crippen molar-refractivity contribution < 1.29 is 9.59 Å². The lowest BCUT2D eigenvalue weighted by atomic mass is 10.0. The fourth-order valence-electron chi connectivity index (χ4n) is 3.29. The van der Waals surface area contributed by atoms with Gasteiger partial charge in [0.25, 0.3) is 0 Å². The Labute approximate surface area is 185 Å². The van der Waals surface area contributed by atoms with Gasteiger partial charge in [-0.15, -0.1) is 0 Å². The molecule has 0 radical (unpaired) electrons. The summed E-state index contributed by atoms with van der Waals surface area (Å²) in [6.07, 6.45) is 3.94. The standard InChI is InChI=1S/C25H33ClN2O2/c1-4-6-16-27-25(30)19(3)28(18-22-8-7-9-23(26)17-22)24(29)15-14-21-12-10-20(5-2)11-13-21/h7-13,17,19H,4-6,14-16,18H2,1-3H3,(H,27,30)/t19-/m0/s1. The Kier molecular flexibility index (Phi) is 9.88. The first-order chi connectivity index (χ1) is 14.4. The normalized spacial score (nSPS) is 11.7. The van der Waals surface area contributed by atoms with Gasteiger partial charge in [-0.25, -0.2) is 0 Å². The molecule has 162 valence electrons. The number of carbonyl (C=O) groups excluding carboxylic acids is 2. The van der Waals surface area contributed by atoms with E-state index < -0.39 is 6.04 Å². The van der Waals surface area contributed by atoms with Gasteiger partial charge < -0.3 is 10.2 Å². The second kappa shape index (κ2) is 12.4. The van der Waals surface area contributed by atoms with E-state index in [-0.39, 0.29) is 11.8 Å². The van der Waals surface area contributed by atoms with Crippen LogP contribution in [-0.4, -0.2) is 29.3 Å². The van der Waals surface area contributed by atoms with E-state index in [1.807, 2.05) is 18.2 Å². The van der Waals surface area contributed by atoms with E-state index >= 15 is 0 Å². The van der Waals surface area contributed by atoms with Crippen LogP contribution in [0.4, 0.5) is 0 Å². The van der Waals surface area contributed by atoms with Crippen LogP contribution in [0.15, 0.2) is 48.5 Å². The molecule has 0 heterocycles. The van der Waals surface area contributed by atoms with Crippen LogP contribution in [0.1, 0.15) is 56.7 Å².